The summed E-state index contributed by atoms with van der Waals surface area (Å²) < 4.78 is 2.87. The van der Waals surface area contributed by atoms with E-state index in [-0.39, 0.29) is 24.4 Å². The number of carbonyl (C=O) groups is 1. The van der Waals surface area contributed by atoms with E-state index in [4.69, 9.17) is 0 Å². The maximum atomic E-state index is 12.6. The Bertz CT molecular complexity index is 680. The highest BCUT2D eigenvalue weighted by atomic mass is 79.9. The van der Waals surface area contributed by atoms with Crippen LogP contribution in [0.1, 0.15) is 35.8 Å². The van der Waals surface area contributed by atoms with Gasteiger partial charge in [0.25, 0.3) is 5.91 Å². The van der Waals surface area contributed by atoms with Crippen LogP contribution in [0.15, 0.2) is 34.9 Å². The minimum atomic E-state index is -0.0166. The summed E-state index contributed by atoms with van der Waals surface area (Å²) in [5, 5.41) is 10.9. The number of nitrogens with one attached hydrogen (secondary N) is 2. The number of hydrogen-bond acceptors (Lipinski definition) is 3. The van der Waals surface area contributed by atoms with E-state index in [0.717, 1.165) is 48.2 Å². The van der Waals surface area contributed by atoms with Crippen LogP contribution in [0, 0.1) is 0 Å². The number of hydrogen-bond donors (Lipinski definition) is 2. The van der Waals surface area contributed by atoms with Gasteiger partial charge in [-0.25, -0.2) is 4.68 Å². The van der Waals surface area contributed by atoms with Crippen LogP contribution < -0.4 is 10.6 Å². The molecule has 0 aliphatic carbocycles. The standard InChI is InChI=1S/C17H21BrN4O.ClH/c1-2-16-15(17(23)21-13-7-9-19-10-8-13)11-20-22(16)14-5-3-12(18)4-6-14;/h3-6,11,13,19H,2,7-10H2,1H3,(H,21,23);1H. The molecule has 2 aromatic rings. The second kappa shape index (κ2) is 8.65. The van der Waals surface area contributed by atoms with Gasteiger partial charge >= 0.3 is 0 Å². The van der Waals surface area contributed by atoms with Crippen molar-refractivity contribution in [2.45, 2.75) is 32.2 Å². The summed E-state index contributed by atoms with van der Waals surface area (Å²) in [6, 6.07) is 8.19. The van der Waals surface area contributed by atoms with Crippen molar-refractivity contribution in [3.63, 3.8) is 0 Å². The number of amides is 1. The molecule has 0 bridgehead atoms. The van der Waals surface area contributed by atoms with Crippen LogP contribution in [0.5, 0.6) is 0 Å². The molecule has 0 spiro atoms. The van der Waals surface area contributed by atoms with Crippen molar-refractivity contribution in [1.29, 1.82) is 0 Å². The van der Waals surface area contributed by atoms with E-state index in [2.05, 4.69) is 31.7 Å². The van der Waals surface area contributed by atoms with Crippen LogP contribution in [0.2, 0.25) is 0 Å². The number of benzene rings is 1. The summed E-state index contributed by atoms with van der Waals surface area (Å²) in [4.78, 5) is 12.6. The van der Waals surface area contributed by atoms with E-state index in [1.807, 2.05) is 35.9 Å². The monoisotopic (exact) mass is 412 g/mol. The molecule has 1 fully saturated rings. The van der Waals surface area contributed by atoms with Gasteiger partial charge in [-0.15, -0.1) is 12.4 Å². The third kappa shape index (κ3) is 4.18. The molecule has 0 unspecified atom stereocenters. The van der Waals surface area contributed by atoms with Crippen molar-refractivity contribution in [2.75, 3.05) is 13.1 Å². The van der Waals surface area contributed by atoms with Crippen molar-refractivity contribution >= 4 is 34.2 Å². The van der Waals surface area contributed by atoms with Gasteiger partial charge in [-0.1, -0.05) is 22.9 Å². The molecule has 1 aliphatic heterocycles. The average molecular weight is 414 g/mol. The second-order valence-corrected chi connectivity index (χ2v) is 6.66. The molecule has 2 heterocycles. The fraction of sp³-hybridized carbons (Fsp3) is 0.412. The summed E-state index contributed by atoms with van der Waals surface area (Å²) in [5.41, 5.74) is 2.58. The summed E-state index contributed by atoms with van der Waals surface area (Å²) in [6.45, 7) is 3.97. The molecule has 24 heavy (non-hydrogen) atoms. The predicted molar refractivity (Wildman–Crippen MR) is 101 cm³/mol. The van der Waals surface area contributed by atoms with E-state index >= 15 is 0 Å². The third-order valence-electron chi connectivity index (χ3n) is 4.19. The molecular formula is C17H22BrClN4O. The Balaban J connectivity index is 0.00000208. The first-order chi connectivity index (χ1) is 11.2. The van der Waals surface area contributed by atoms with Crippen molar-refractivity contribution < 1.29 is 4.79 Å². The van der Waals surface area contributed by atoms with Gasteiger partial charge in [-0.05, 0) is 56.6 Å². The van der Waals surface area contributed by atoms with Crippen molar-refractivity contribution in [3.8, 4) is 5.69 Å². The lowest BCUT2D eigenvalue weighted by atomic mass is 10.1. The van der Waals surface area contributed by atoms with Gasteiger partial charge in [0.15, 0.2) is 0 Å². The minimum Gasteiger partial charge on any atom is -0.349 e. The highest BCUT2D eigenvalue weighted by Gasteiger charge is 2.21. The smallest absolute Gasteiger partial charge is 0.254 e. The quantitative estimate of drug-likeness (QED) is 0.810. The molecule has 1 aromatic heterocycles. The molecule has 0 atom stereocenters. The zero-order valence-electron chi connectivity index (χ0n) is 13.6. The highest BCUT2D eigenvalue weighted by molar-refractivity contribution is 9.10. The van der Waals surface area contributed by atoms with Crippen molar-refractivity contribution in [1.82, 2.24) is 20.4 Å². The van der Waals surface area contributed by atoms with E-state index < -0.39 is 0 Å². The Morgan fingerprint density at radius 2 is 2.00 bits per heavy atom. The fourth-order valence-electron chi connectivity index (χ4n) is 2.94. The minimum absolute atomic E-state index is 0. The maximum Gasteiger partial charge on any atom is 0.254 e. The van der Waals surface area contributed by atoms with Crippen LogP contribution in [-0.2, 0) is 6.42 Å². The van der Waals surface area contributed by atoms with Gasteiger partial charge < -0.3 is 10.6 Å². The number of halogens is 2. The number of piperidine rings is 1. The Hall–Kier alpha value is -1.37. The number of aromatic nitrogens is 2. The normalized spacial score (nSPS) is 14.9. The Morgan fingerprint density at radius 1 is 1.33 bits per heavy atom. The molecule has 3 rings (SSSR count). The molecule has 1 aromatic carbocycles. The van der Waals surface area contributed by atoms with Gasteiger partial charge in [-0.3, -0.25) is 4.79 Å². The van der Waals surface area contributed by atoms with Gasteiger partial charge in [0.2, 0.25) is 0 Å². The van der Waals surface area contributed by atoms with Crippen molar-refractivity contribution in [3.05, 3.63) is 46.2 Å². The third-order valence-corrected chi connectivity index (χ3v) is 4.72. The van der Waals surface area contributed by atoms with Gasteiger partial charge in [0, 0.05) is 10.5 Å². The average Bonchev–Trinajstić information content (AvgIpc) is 3.00. The summed E-state index contributed by atoms with van der Waals surface area (Å²) in [5.74, 6) is -0.0166. The first-order valence-corrected chi connectivity index (χ1v) is 8.82. The highest BCUT2D eigenvalue weighted by Crippen LogP contribution is 2.19. The van der Waals surface area contributed by atoms with Crippen LogP contribution in [0.25, 0.3) is 5.69 Å². The summed E-state index contributed by atoms with van der Waals surface area (Å²) >= 11 is 3.44. The van der Waals surface area contributed by atoms with Crippen LogP contribution >= 0.6 is 28.3 Å². The topological polar surface area (TPSA) is 59.0 Å². The molecule has 2 N–H and O–H groups in total. The van der Waals surface area contributed by atoms with Crippen LogP contribution in [0.4, 0.5) is 0 Å². The molecule has 1 aliphatic rings. The number of nitrogens with zero attached hydrogens (tertiary/aromatic N) is 2. The summed E-state index contributed by atoms with van der Waals surface area (Å²) in [7, 11) is 0. The lowest BCUT2D eigenvalue weighted by Gasteiger charge is -2.23. The molecule has 0 saturated carbocycles. The van der Waals surface area contributed by atoms with Gasteiger partial charge in [0.1, 0.15) is 0 Å². The van der Waals surface area contributed by atoms with E-state index in [1.165, 1.54) is 0 Å². The molecule has 130 valence electrons. The van der Waals surface area contributed by atoms with Crippen LogP contribution in [-0.4, -0.2) is 34.8 Å². The first-order valence-electron chi connectivity index (χ1n) is 8.03. The number of carbonyl (C=O) groups excluding carboxylic acids is 1. The van der Waals surface area contributed by atoms with Crippen LogP contribution in [0.3, 0.4) is 0 Å². The Labute approximate surface area is 156 Å². The summed E-state index contributed by atoms with van der Waals surface area (Å²) in [6.07, 6.45) is 4.39. The zero-order valence-corrected chi connectivity index (χ0v) is 16.0. The lowest BCUT2D eigenvalue weighted by Crippen LogP contribution is -2.42. The number of rotatable bonds is 4. The molecule has 1 amide bonds. The van der Waals surface area contributed by atoms with E-state index in [9.17, 15) is 4.79 Å². The Morgan fingerprint density at radius 3 is 2.62 bits per heavy atom. The second-order valence-electron chi connectivity index (χ2n) is 5.74. The SMILES string of the molecule is CCc1c(C(=O)NC2CCNCC2)cnn1-c1ccc(Br)cc1.Cl. The van der Waals surface area contributed by atoms with E-state index in [0.29, 0.717) is 5.56 Å². The van der Waals surface area contributed by atoms with Gasteiger partial charge in [-0.2, -0.15) is 5.10 Å². The van der Waals surface area contributed by atoms with Gasteiger partial charge in [0.05, 0.1) is 23.1 Å². The predicted octanol–water partition coefficient (Wildman–Crippen LogP) is 3.10. The van der Waals surface area contributed by atoms with E-state index in [1.54, 1.807) is 6.20 Å². The molecule has 1 saturated heterocycles. The Kier molecular flexibility index (Phi) is 6.83. The molecular weight excluding hydrogens is 392 g/mol. The lowest BCUT2D eigenvalue weighted by molar-refractivity contribution is 0.0928. The largest absolute Gasteiger partial charge is 0.349 e. The molecule has 5 nitrogen and oxygen atoms in total. The van der Waals surface area contributed by atoms with Crippen molar-refractivity contribution in [2.24, 2.45) is 0 Å². The molecule has 0 radical (unpaired) electrons. The first kappa shape index (κ1) is 19.0. The molecule has 7 heteroatoms. The maximum absolute atomic E-state index is 12.6. The fourth-order valence-corrected chi connectivity index (χ4v) is 3.20. The zero-order chi connectivity index (χ0) is 16.2.